The Morgan fingerprint density at radius 2 is 2.00 bits per heavy atom. The minimum atomic E-state index is 0.543. The van der Waals surface area contributed by atoms with Crippen LogP contribution in [0.5, 0.6) is 5.75 Å². The number of methoxy groups -OCH3 is 1. The fourth-order valence-electron chi connectivity index (χ4n) is 3.64. The number of guanidine groups is 1. The van der Waals surface area contributed by atoms with Crippen molar-refractivity contribution in [2.24, 2.45) is 10.9 Å². The Hall–Kier alpha value is -2.53. The maximum Gasteiger partial charge on any atom is 0.193 e. The molecule has 1 heterocycles. The summed E-state index contributed by atoms with van der Waals surface area (Å²) in [6.07, 6.45) is 1.13. The molecule has 2 aromatic carbocycles. The molecular weight excluding hydrogens is 350 g/mol. The molecule has 2 aromatic rings. The second kappa shape index (κ2) is 10.1. The zero-order valence-electron chi connectivity index (χ0n) is 17.1. The summed E-state index contributed by atoms with van der Waals surface area (Å²) in [5.74, 6) is 2.39. The summed E-state index contributed by atoms with van der Waals surface area (Å²) in [5.41, 5.74) is 3.62. The number of aryl methyl sites for hydroxylation is 1. The Kier molecular flexibility index (Phi) is 7.31. The Bertz CT molecular complexity index is 777. The van der Waals surface area contributed by atoms with E-state index in [1.165, 1.54) is 16.7 Å². The van der Waals surface area contributed by atoms with Crippen molar-refractivity contribution in [2.75, 3.05) is 33.9 Å². The fourth-order valence-corrected chi connectivity index (χ4v) is 3.64. The summed E-state index contributed by atoms with van der Waals surface area (Å²) in [6.45, 7) is 6.27. The van der Waals surface area contributed by atoms with Gasteiger partial charge in [0.15, 0.2) is 5.96 Å². The second-order valence-electron chi connectivity index (χ2n) is 7.36. The number of nitrogens with one attached hydrogen (secondary N) is 1. The van der Waals surface area contributed by atoms with Crippen molar-refractivity contribution in [3.05, 3.63) is 65.2 Å². The first-order chi connectivity index (χ1) is 13.7. The van der Waals surface area contributed by atoms with Crippen LogP contribution in [0.1, 0.15) is 23.1 Å². The van der Waals surface area contributed by atoms with E-state index in [4.69, 9.17) is 9.47 Å². The van der Waals surface area contributed by atoms with Crippen LogP contribution < -0.4 is 10.1 Å². The Morgan fingerprint density at radius 1 is 1.18 bits per heavy atom. The number of benzene rings is 2. The zero-order chi connectivity index (χ0) is 19.8. The topological polar surface area (TPSA) is 46.1 Å². The van der Waals surface area contributed by atoms with Crippen LogP contribution in [-0.2, 0) is 17.9 Å². The van der Waals surface area contributed by atoms with Crippen molar-refractivity contribution in [1.29, 1.82) is 0 Å². The lowest BCUT2D eigenvalue weighted by molar-refractivity contribution is 0.0906. The number of aliphatic imine (C=N–C) groups is 1. The highest BCUT2D eigenvalue weighted by molar-refractivity contribution is 5.80. The third-order valence-corrected chi connectivity index (χ3v) is 5.06. The molecule has 0 spiro atoms. The van der Waals surface area contributed by atoms with E-state index in [1.807, 2.05) is 19.2 Å². The summed E-state index contributed by atoms with van der Waals surface area (Å²) in [5, 5.41) is 3.49. The zero-order valence-corrected chi connectivity index (χ0v) is 17.1. The molecule has 1 N–H and O–H groups in total. The second-order valence-corrected chi connectivity index (χ2v) is 7.36. The van der Waals surface area contributed by atoms with Crippen LogP contribution >= 0.6 is 0 Å². The van der Waals surface area contributed by atoms with Gasteiger partial charge in [-0.25, -0.2) is 0 Å². The summed E-state index contributed by atoms with van der Waals surface area (Å²) in [4.78, 5) is 6.79. The average Bonchev–Trinajstić information content (AvgIpc) is 3.17. The number of nitrogens with zero attached hydrogens (tertiary/aromatic N) is 2. The maximum atomic E-state index is 5.93. The van der Waals surface area contributed by atoms with Gasteiger partial charge < -0.3 is 19.7 Å². The quantitative estimate of drug-likeness (QED) is 0.588. The smallest absolute Gasteiger partial charge is 0.193 e. The molecule has 0 bridgehead atoms. The van der Waals surface area contributed by atoms with Crippen molar-refractivity contribution < 1.29 is 9.47 Å². The van der Waals surface area contributed by atoms with Crippen molar-refractivity contribution in [1.82, 2.24) is 10.2 Å². The van der Waals surface area contributed by atoms with E-state index in [9.17, 15) is 0 Å². The molecule has 1 fully saturated rings. The van der Waals surface area contributed by atoms with Crippen LogP contribution in [0.4, 0.5) is 0 Å². The van der Waals surface area contributed by atoms with Gasteiger partial charge >= 0.3 is 0 Å². The minimum absolute atomic E-state index is 0.543. The first-order valence-electron chi connectivity index (χ1n) is 9.89. The van der Waals surface area contributed by atoms with E-state index >= 15 is 0 Å². The molecule has 0 aromatic heterocycles. The molecule has 1 unspecified atom stereocenters. The maximum absolute atomic E-state index is 5.93. The van der Waals surface area contributed by atoms with Gasteiger partial charge in [0, 0.05) is 32.6 Å². The first kappa shape index (κ1) is 20.2. The highest BCUT2D eigenvalue weighted by Gasteiger charge is 2.25. The van der Waals surface area contributed by atoms with Gasteiger partial charge in [-0.2, -0.15) is 0 Å². The van der Waals surface area contributed by atoms with E-state index in [0.717, 1.165) is 44.4 Å². The summed E-state index contributed by atoms with van der Waals surface area (Å²) < 4.78 is 11.3. The average molecular weight is 382 g/mol. The van der Waals surface area contributed by atoms with E-state index < -0.39 is 0 Å². The van der Waals surface area contributed by atoms with Crippen molar-refractivity contribution in [2.45, 2.75) is 26.5 Å². The molecule has 0 amide bonds. The highest BCUT2D eigenvalue weighted by atomic mass is 16.5. The van der Waals surface area contributed by atoms with Crippen molar-refractivity contribution >= 4 is 5.96 Å². The number of hydrogen-bond acceptors (Lipinski definition) is 3. The van der Waals surface area contributed by atoms with Gasteiger partial charge in [0.1, 0.15) is 5.75 Å². The molecule has 1 saturated heterocycles. The Morgan fingerprint density at radius 3 is 2.75 bits per heavy atom. The lowest BCUT2D eigenvalue weighted by Crippen LogP contribution is -2.39. The van der Waals surface area contributed by atoms with Gasteiger partial charge in [-0.05, 0) is 42.2 Å². The van der Waals surface area contributed by atoms with Gasteiger partial charge in [-0.3, -0.25) is 4.99 Å². The fraction of sp³-hybridized carbons (Fsp3) is 0.435. The molecule has 1 aliphatic heterocycles. The molecule has 1 aliphatic rings. The van der Waals surface area contributed by atoms with E-state index in [0.29, 0.717) is 12.5 Å². The van der Waals surface area contributed by atoms with E-state index in [-0.39, 0.29) is 0 Å². The Labute approximate surface area is 168 Å². The summed E-state index contributed by atoms with van der Waals surface area (Å²) in [7, 11) is 3.55. The molecule has 0 saturated carbocycles. The predicted octanol–water partition coefficient (Wildman–Crippen LogP) is 3.62. The SMILES string of the molecule is CN=C(NCc1cc(C)cc(OC)c1)N1CCC(COCc2ccccc2)C1. The molecule has 1 atom stereocenters. The predicted molar refractivity (Wildman–Crippen MR) is 114 cm³/mol. The minimum Gasteiger partial charge on any atom is -0.497 e. The number of ether oxygens (including phenoxy) is 2. The van der Waals surface area contributed by atoms with Gasteiger partial charge in [0.2, 0.25) is 0 Å². The van der Waals surface area contributed by atoms with Crippen LogP contribution in [0, 0.1) is 12.8 Å². The molecule has 0 radical (unpaired) electrons. The number of likely N-dealkylation sites (tertiary alicyclic amines) is 1. The van der Waals surface area contributed by atoms with E-state index in [2.05, 4.69) is 58.5 Å². The van der Waals surface area contributed by atoms with Crippen LogP contribution in [0.15, 0.2) is 53.5 Å². The highest BCUT2D eigenvalue weighted by Crippen LogP contribution is 2.19. The summed E-state index contributed by atoms with van der Waals surface area (Å²) >= 11 is 0. The largest absolute Gasteiger partial charge is 0.497 e. The van der Waals surface area contributed by atoms with Gasteiger partial charge in [0.05, 0.1) is 20.3 Å². The molecular formula is C23H31N3O2. The van der Waals surface area contributed by atoms with Crippen LogP contribution in [-0.4, -0.2) is 44.7 Å². The normalized spacial score (nSPS) is 17.0. The van der Waals surface area contributed by atoms with Crippen LogP contribution in [0.3, 0.4) is 0 Å². The Balaban J connectivity index is 1.46. The van der Waals surface area contributed by atoms with Crippen molar-refractivity contribution in [3.8, 4) is 5.75 Å². The molecule has 3 rings (SSSR count). The van der Waals surface area contributed by atoms with Crippen LogP contribution in [0.25, 0.3) is 0 Å². The summed E-state index contributed by atoms with van der Waals surface area (Å²) in [6, 6.07) is 16.6. The number of rotatable bonds is 7. The monoisotopic (exact) mass is 381 g/mol. The first-order valence-corrected chi connectivity index (χ1v) is 9.89. The lowest BCUT2D eigenvalue weighted by Gasteiger charge is -2.22. The third-order valence-electron chi connectivity index (χ3n) is 5.06. The van der Waals surface area contributed by atoms with E-state index in [1.54, 1.807) is 7.11 Å². The molecule has 5 nitrogen and oxygen atoms in total. The lowest BCUT2D eigenvalue weighted by atomic mass is 10.1. The molecule has 28 heavy (non-hydrogen) atoms. The number of hydrogen-bond donors (Lipinski definition) is 1. The van der Waals surface area contributed by atoms with Crippen molar-refractivity contribution in [3.63, 3.8) is 0 Å². The third kappa shape index (κ3) is 5.73. The molecule has 5 heteroatoms. The molecule has 150 valence electrons. The molecule has 0 aliphatic carbocycles. The standard InChI is InChI=1S/C23H31N3O2/c1-18-11-21(13-22(12-18)27-3)14-25-23(24-2)26-10-9-20(15-26)17-28-16-19-7-5-4-6-8-19/h4-8,11-13,20H,9-10,14-17H2,1-3H3,(H,24,25). The van der Waals surface area contributed by atoms with Gasteiger partial charge in [-0.15, -0.1) is 0 Å². The van der Waals surface area contributed by atoms with Crippen LogP contribution in [0.2, 0.25) is 0 Å². The van der Waals surface area contributed by atoms with Gasteiger partial charge in [-0.1, -0.05) is 36.4 Å². The van der Waals surface area contributed by atoms with Gasteiger partial charge in [0.25, 0.3) is 0 Å².